The van der Waals surface area contributed by atoms with E-state index in [4.69, 9.17) is 10.5 Å². The van der Waals surface area contributed by atoms with Gasteiger partial charge in [-0.15, -0.1) is 0 Å². The molecule has 0 amide bonds. The first-order chi connectivity index (χ1) is 20.7. The average Bonchev–Trinajstić information content (AvgIpc) is 3.69. The van der Waals surface area contributed by atoms with Crippen LogP contribution in [0.1, 0.15) is 27.8 Å². The Kier molecular flexibility index (Phi) is 7.74. The number of allylic oxidation sites excluding steroid dienone is 5. The highest BCUT2D eigenvalue weighted by atomic mass is 19.2. The summed E-state index contributed by atoms with van der Waals surface area (Å²) in [6.45, 7) is 0. The molecular weight excluding hydrogens is 620 g/mol. The third-order valence-electron chi connectivity index (χ3n) is 6.13. The molecule has 1 aliphatic rings. The van der Waals surface area contributed by atoms with Crippen molar-refractivity contribution in [1.82, 2.24) is 0 Å². The van der Waals surface area contributed by atoms with Crippen molar-refractivity contribution in [3.8, 4) is 24.3 Å². The molecule has 0 spiro atoms. The molecule has 0 atom stereocenters. The summed E-state index contributed by atoms with van der Waals surface area (Å²) in [5.41, 5.74) is -15.7. The van der Waals surface area contributed by atoms with Gasteiger partial charge < -0.3 is 0 Å². The Balaban J connectivity index is 2.25. The van der Waals surface area contributed by atoms with Gasteiger partial charge in [-0.3, -0.25) is 0 Å². The third-order valence-corrected chi connectivity index (χ3v) is 6.13. The lowest BCUT2D eigenvalue weighted by molar-refractivity contribution is 0.447. The SMILES string of the molecule is N#C/C(=C1/C(=Cc2c(F)c(F)c(C#N)c(F)c2F)/C1=C(\C#N)c1c(F)c(F)c(C#N)c(F)c1F)c1c(F)c(F)cc(F)c1F. The molecule has 0 radical (unpaired) electrons. The first-order valence-electron chi connectivity index (χ1n) is 11.1. The van der Waals surface area contributed by atoms with E-state index in [2.05, 4.69) is 0 Å². The van der Waals surface area contributed by atoms with Crippen molar-refractivity contribution in [2.75, 3.05) is 0 Å². The van der Waals surface area contributed by atoms with Crippen molar-refractivity contribution in [1.29, 1.82) is 21.0 Å². The van der Waals surface area contributed by atoms with Crippen LogP contribution < -0.4 is 0 Å². The molecule has 218 valence electrons. The van der Waals surface area contributed by atoms with E-state index in [0.717, 1.165) is 24.3 Å². The monoisotopic (exact) mass is 622 g/mol. The molecule has 0 aromatic heterocycles. The van der Waals surface area contributed by atoms with Crippen LogP contribution in [0.5, 0.6) is 0 Å². The van der Waals surface area contributed by atoms with Gasteiger partial charge in [0.15, 0.2) is 69.8 Å². The van der Waals surface area contributed by atoms with Crippen LogP contribution in [0.15, 0.2) is 22.8 Å². The molecule has 0 N–H and O–H groups in total. The number of hydrogen-bond acceptors (Lipinski definition) is 4. The van der Waals surface area contributed by atoms with Crippen molar-refractivity contribution >= 4 is 17.2 Å². The first-order valence-corrected chi connectivity index (χ1v) is 11.1. The molecule has 4 nitrogen and oxygen atoms in total. The third kappa shape index (κ3) is 4.41. The van der Waals surface area contributed by atoms with E-state index >= 15 is 0 Å². The molecule has 0 aliphatic heterocycles. The van der Waals surface area contributed by atoms with Crippen LogP contribution in [-0.2, 0) is 0 Å². The van der Waals surface area contributed by atoms with E-state index in [9.17, 15) is 63.2 Å². The molecule has 16 heteroatoms. The van der Waals surface area contributed by atoms with E-state index < -0.39 is 125 Å². The highest BCUT2D eigenvalue weighted by Gasteiger charge is 2.43. The summed E-state index contributed by atoms with van der Waals surface area (Å²) in [5.74, 6) is -27.5. The summed E-state index contributed by atoms with van der Waals surface area (Å²) in [4.78, 5) is 0. The Labute approximate surface area is 236 Å². The molecule has 0 bridgehead atoms. The Morgan fingerprint density at radius 2 is 0.818 bits per heavy atom. The predicted octanol–water partition coefficient (Wildman–Crippen LogP) is 7.45. The van der Waals surface area contributed by atoms with Gasteiger partial charge in [0.2, 0.25) is 0 Å². The molecule has 1 fully saturated rings. The van der Waals surface area contributed by atoms with Gasteiger partial charge >= 0.3 is 0 Å². The topological polar surface area (TPSA) is 95.2 Å². The maximum Gasteiger partial charge on any atom is 0.180 e. The number of nitrogens with zero attached hydrogens (tertiary/aromatic N) is 4. The molecule has 0 unspecified atom stereocenters. The van der Waals surface area contributed by atoms with Crippen molar-refractivity contribution in [2.45, 2.75) is 0 Å². The minimum Gasteiger partial charge on any atom is -0.204 e. The van der Waals surface area contributed by atoms with Crippen molar-refractivity contribution in [2.24, 2.45) is 0 Å². The standard InChI is InChI=1S/C28H2F12N4/c29-13-2-14(30)26(38)17(25(13)37)9(3-41)15-7(1-8-19(31)21(33)11(5-43)22(34)20(8)32)16(15)10(4-42)18-27(39)23(35)12(6-44)24(36)28(18)40/h1-2H/b7-1?,15-9+,16-10-. The summed E-state index contributed by atoms with van der Waals surface area (Å²) in [6.07, 6.45) is 0.00889. The Morgan fingerprint density at radius 3 is 1.16 bits per heavy atom. The minimum atomic E-state index is -2.42. The molecule has 0 saturated heterocycles. The number of rotatable bonds is 3. The Hall–Kier alpha value is -6.00. The van der Waals surface area contributed by atoms with Gasteiger partial charge in [0.05, 0.1) is 27.8 Å². The molecule has 0 heterocycles. The minimum absolute atomic E-state index is 0.00889. The fraction of sp³-hybridized carbons (Fsp3) is 0. The molecule has 4 rings (SSSR count). The highest BCUT2D eigenvalue weighted by molar-refractivity contribution is 6.08. The van der Waals surface area contributed by atoms with E-state index in [-0.39, 0.29) is 12.1 Å². The largest absolute Gasteiger partial charge is 0.204 e. The van der Waals surface area contributed by atoms with Gasteiger partial charge in [0, 0.05) is 17.2 Å². The van der Waals surface area contributed by atoms with E-state index in [1.54, 1.807) is 0 Å². The lowest BCUT2D eigenvalue weighted by atomic mass is 9.99. The molecule has 44 heavy (non-hydrogen) atoms. The summed E-state index contributed by atoms with van der Waals surface area (Å²) in [6, 6.07) is 3.43. The summed E-state index contributed by atoms with van der Waals surface area (Å²) in [5, 5.41) is 36.9. The quantitative estimate of drug-likeness (QED) is 0.172. The van der Waals surface area contributed by atoms with Crippen LogP contribution in [-0.4, -0.2) is 0 Å². The number of halogens is 12. The summed E-state index contributed by atoms with van der Waals surface area (Å²) in [7, 11) is 0. The van der Waals surface area contributed by atoms with E-state index in [1.165, 1.54) is 0 Å². The maximum atomic E-state index is 14.9. The normalized spacial score (nSPS) is 15.3. The van der Waals surface area contributed by atoms with Crippen LogP contribution >= 0.6 is 0 Å². The van der Waals surface area contributed by atoms with Crippen LogP contribution in [0.3, 0.4) is 0 Å². The predicted molar refractivity (Wildman–Crippen MR) is 121 cm³/mol. The van der Waals surface area contributed by atoms with Gasteiger partial charge in [-0.25, -0.2) is 52.7 Å². The van der Waals surface area contributed by atoms with Crippen LogP contribution in [0.4, 0.5) is 52.7 Å². The van der Waals surface area contributed by atoms with Gasteiger partial charge in [-0.2, -0.15) is 21.0 Å². The molecule has 3 aromatic carbocycles. The molecule has 1 saturated carbocycles. The lowest BCUT2D eigenvalue weighted by Gasteiger charge is -2.07. The second kappa shape index (κ2) is 11.0. The molecular formula is C28H2F12N4. The van der Waals surface area contributed by atoms with Crippen molar-refractivity contribution in [3.63, 3.8) is 0 Å². The maximum absolute atomic E-state index is 14.9. The highest BCUT2D eigenvalue weighted by Crippen LogP contribution is 2.55. The van der Waals surface area contributed by atoms with Gasteiger partial charge in [0.25, 0.3) is 0 Å². The van der Waals surface area contributed by atoms with Gasteiger partial charge in [-0.05, 0) is 11.6 Å². The zero-order chi connectivity index (χ0) is 32.9. The molecule has 1 aliphatic carbocycles. The number of nitriles is 4. The van der Waals surface area contributed by atoms with Gasteiger partial charge in [0.1, 0.15) is 35.4 Å². The average molecular weight is 622 g/mol. The Morgan fingerprint density at radius 1 is 0.477 bits per heavy atom. The van der Waals surface area contributed by atoms with Gasteiger partial charge in [-0.1, -0.05) is 0 Å². The smallest absolute Gasteiger partial charge is 0.180 e. The number of benzene rings is 3. The van der Waals surface area contributed by atoms with Crippen molar-refractivity contribution in [3.05, 3.63) is 120 Å². The summed E-state index contributed by atoms with van der Waals surface area (Å²) >= 11 is 0. The van der Waals surface area contributed by atoms with Crippen LogP contribution in [0.2, 0.25) is 0 Å². The fourth-order valence-electron chi connectivity index (χ4n) is 4.10. The van der Waals surface area contributed by atoms with E-state index in [0.29, 0.717) is 0 Å². The van der Waals surface area contributed by atoms with Crippen LogP contribution in [0, 0.1) is 115 Å². The van der Waals surface area contributed by atoms with Crippen LogP contribution in [0.25, 0.3) is 17.2 Å². The lowest BCUT2D eigenvalue weighted by Crippen LogP contribution is -2.06. The van der Waals surface area contributed by atoms with E-state index in [1.807, 2.05) is 0 Å². The Bertz CT molecular complexity index is 2050. The zero-order valence-electron chi connectivity index (χ0n) is 20.5. The second-order valence-corrected chi connectivity index (χ2v) is 8.40. The second-order valence-electron chi connectivity index (χ2n) is 8.40. The first kappa shape index (κ1) is 30.9. The fourth-order valence-corrected chi connectivity index (χ4v) is 4.10. The summed E-state index contributed by atoms with van der Waals surface area (Å²) < 4.78 is 174. The molecule has 3 aromatic rings. The number of hydrogen-bond donors (Lipinski definition) is 0. The zero-order valence-corrected chi connectivity index (χ0v) is 20.5. The van der Waals surface area contributed by atoms with Crippen molar-refractivity contribution < 1.29 is 52.7 Å².